The third kappa shape index (κ3) is 4.80. The zero-order valence-corrected chi connectivity index (χ0v) is 18.4. The zero-order valence-electron chi connectivity index (χ0n) is 18.4. The van der Waals surface area contributed by atoms with Gasteiger partial charge in [-0.3, -0.25) is 19.7 Å². The molecule has 10 heteroatoms. The van der Waals surface area contributed by atoms with Gasteiger partial charge in [0, 0.05) is 29.5 Å². The molecule has 0 unspecified atom stereocenters. The van der Waals surface area contributed by atoms with Gasteiger partial charge in [0.05, 0.1) is 41.3 Å². The number of carbonyl (C=O) groups excluding carboxylic acids is 1. The van der Waals surface area contributed by atoms with Gasteiger partial charge in [-0.15, -0.1) is 0 Å². The third-order valence-electron chi connectivity index (χ3n) is 5.52. The van der Waals surface area contributed by atoms with Crippen LogP contribution < -0.4 is 5.73 Å². The number of nitrogens with two attached hydrogens (primary N) is 1. The number of nitrogens with zero attached hydrogens (tertiary/aromatic N) is 5. The first kappa shape index (κ1) is 23.1. The van der Waals surface area contributed by atoms with Crippen LogP contribution in [0.1, 0.15) is 45.8 Å². The van der Waals surface area contributed by atoms with Crippen molar-refractivity contribution in [3.05, 3.63) is 89.3 Å². The number of hydrogen-bond donors (Lipinski definition) is 1. The molecule has 0 bridgehead atoms. The number of nitrogen functional groups attached to an aromatic ring is 1. The van der Waals surface area contributed by atoms with Gasteiger partial charge >= 0.3 is 6.18 Å². The summed E-state index contributed by atoms with van der Waals surface area (Å²) < 4.78 is 38.8. The fourth-order valence-corrected chi connectivity index (χ4v) is 3.53. The van der Waals surface area contributed by atoms with E-state index < -0.39 is 17.8 Å². The lowest BCUT2D eigenvalue weighted by atomic mass is 10.1. The highest BCUT2D eigenvalue weighted by atomic mass is 19.4. The second-order valence-corrected chi connectivity index (χ2v) is 7.87. The van der Waals surface area contributed by atoms with Crippen LogP contribution >= 0.6 is 0 Å². The van der Waals surface area contributed by atoms with Gasteiger partial charge < -0.3 is 10.6 Å². The Balaban J connectivity index is 1.70. The fourth-order valence-electron chi connectivity index (χ4n) is 3.53. The van der Waals surface area contributed by atoms with E-state index in [1.165, 1.54) is 23.4 Å². The van der Waals surface area contributed by atoms with Crippen LogP contribution in [0, 0.1) is 6.92 Å². The Morgan fingerprint density at radius 2 is 1.88 bits per heavy atom. The molecule has 0 radical (unpaired) electrons. The third-order valence-corrected chi connectivity index (χ3v) is 5.52. The minimum absolute atomic E-state index is 0.0221. The molecule has 1 atom stereocenters. The topological polar surface area (TPSA) is 97.9 Å². The van der Waals surface area contributed by atoms with Crippen LogP contribution in [-0.2, 0) is 12.7 Å². The number of fused-ring (bicyclic) bond motifs is 1. The van der Waals surface area contributed by atoms with Crippen molar-refractivity contribution >= 4 is 22.6 Å². The Bertz CT molecular complexity index is 1330. The Kier molecular flexibility index (Phi) is 6.14. The minimum atomic E-state index is -4.49. The normalized spacial score (nSPS) is 12.5. The van der Waals surface area contributed by atoms with Gasteiger partial charge in [-0.25, -0.2) is 4.98 Å². The number of aromatic nitrogens is 4. The lowest BCUT2D eigenvalue weighted by Crippen LogP contribution is -2.34. The zero-order chi connectivity index (χ0) is 24.5. The number of alkyl halides is 3. The van der Waals surface area contributed by atoms with Crippen molar-refractivity contribution in [1.82, 2.24) is 24.8 Å². The summed E-state index contributed by atoms with van der Waals surface area (Å²) in [6.07, 6.45) is 0.847. The average Bonchev–Trinajstić information content (AvgIpc) is 2.82. The molecule has 0 aliphatic carbocycles. The van der Waals surface area contributed by atoms with Crippen molar-refractivity contribution in [2.24, 2.45) is 0 Å². The first-order chi connectivity index (χ1) is 16.1. The number of aryl methyl sites for hydroxylation is 1. The Hall–Kier alpha value is -4.08. The molecular weight excluding hydrogens is 445 g/mol. The van der Waals surface area contributed by atoms with Crippen LogP contribution in [0.2, 0.25) is 0 Å². The predicted molar refractivity (Wildman–Crippen MR) is 120 cm³/mol. The first-order valence-electron chi connectivity index (χ1n) is 10.4. The molecule has 4 rings (SSSR count). The van der Waals surface area contributed by atoms with Gasteiger partial charge in [0.15, 0.2) is 0 Å². The highest BCUT2D eigenvalue weighted by Gasteiger charge is 2.31. The van der Waals surface area contributed by atoms with Gasteiger partial charge in [-0.1, -0.05) is 0 Å². The quantitative estimate of drug-likeness (QED) is 0.457. The molecule has 3 aromatic heterocycles. The van der Waals surface area contributed by atoms with Crippen LogP contribution in [0.25, 0.3) is 10.9 Å². The maximum atomic E-state index is 13.6. The maximum absolute atomic E-state index is 13.6. The molecule has 3 heterocycles. The summed E-state index contributed by atoms with van der Waals surface area (Å²) in [4.78, 5) is 31.7. The molecule has 0 aliphatic rings. The van der Waals surface area contributed by atoms with Gasteiger partial charge in [-0.2, -0.15) is 13.2 Å². The van der Waals surface area contributed by atoms with Gasteiger partial charge in [-0.05, 0) is 55.8 Å². The lowest BCUT2D eigenvalue weighted by Gasteiger charge is -2.29. The first-order valence-corrected chi connectivity index (χ1v) is 10.4. The van der Waals surface area contributed by atoms with E-state index in [0.717, 1.165) is 23.2 Å². The lowest BCUT2D eigenvalue weighted by molar-refractivity contribution is -0.137. The Morgan fingerprint density at radius 3 is 2.53 bits per heavy atom. The summed E-state index contributed by atoms with van der Waals surface area (Å²) in [7, 11) is 0. The summed E-state index contributed by atoms with van der Waals surface area (Å²) >= 11 is 0. The predicted octanol–water partition coefficient (Wildman–Crippen LogP) is 4.73. The van der Waals surface area contributed by atoms with E-state index in [4.69, 9.17) is 5.73 Å². The Labute approximate surface area is 193 Å². The molecule has 0 saturated carbocycles. The molecule has 4 aromatic rings. The number of rotatable bonds is 5. The van der Waals surface area contributed by atoms with E-state index in [9.17, 15) is 18.0 Å². The monoisotopic (exact) mass is 466 g/mol. The molecule has 7 nitrogen and oxygen atoms in total. The van der Waals surface area contributed by atoms with Crippen LogP contribution in [0.5, 0.6) is 0 Å². The van der Waals surface area contributed by atoms with E-state index in [2.05, 4.69) is 19.9 Å². The van der Waals surface area contributed by atoms with E-state index in [-0.39, 0.29) is 12.5 Å². The molecule has 1 aromatic carbocycles. The maximum Gasteiger partial charge on any atom is 0.417 e. The smallest absolute Gasteiger partial charge is 0.383 e. The van der Waals surface area contributed by atoms with E-state index in [1.54, 1.807) is 31.3 Å². The van der Waals surface area contributed by atoms with Gasteiger partial charge in [0.2, 0.25) is 0 Å². The van der Waals surface area contributed by atoms with E-state index >= 15 is 0 Å². The van der Waals surface area contributed by atoms with Crippen molar-refractivity contribution in [3.8, 4) is 0 Å². The van der Waals surface area contributed by atoms with Crippen molar-refractivity contribution in [2.45, 2.75) is 32.6 Å². The molecular formula is C24H21F3N6O. The van der Waals surface area contributed by atoms with Crippen LogP contribution in [0.4, 0.5) is 19.0 Å². The SMILES string of the molecule is Cc1cc2cc(C(=O)N(Cc3ccc(C(F)(F)F)cn3)[C@H](C)c3cnccn3)ccc2nc1N. The van der Waals surface area contributed by atoms with Crippen molar-refractivity contribution in [2.75, 3.05) is 5.73 Å². The fraction of sp³-hybridized carbons (Fsp3) is 0.208. The summed E-state index contributed by atoms with van der Waals surface area (Å²) in [5, 5.41) is 0.748. The summed E-state index contributed by atoms with van der Waals surface area (Å²) in [5.74, 6) is 0.0779. The van der Waals surface area contributed by atoms with Crippen molar-refractivity contribution in [1.29, 1.82) is 0 Å². The summed E-state index contributed by atoms with van der Waals surface area (Å²) in [5.41, 5.74) is 7.70. The van der Waals surface area contributed by atoms with E-state index in [1.807, 2.05) is 13.0 Å². The highest BCUT2D eigenvalue weighted by Crippen LogP contribution is 2.29. The number of anilines is 1. The largest absolute Gasteiger partial charge is 0.417 e. The average molecular weight is 466 g/mol. The molecule has 34 heavy (non-hydrogen) atoms. The van der Waals surface area contributed by atoms with Crippen molar-refractivity contribution < 1.29 is 18.0 Å². The second kappa shape index (κ2) is 9.05. The summed E-state index contributed by atoms with van der Waals surface area (Å²) in [6, 6.07) is 8.61. The van der Waals surface area contributed by atoms with Gasteiger partial charge in [0.25, 0.3) is 5.91 Å². The molecule has 1 amide bonds. The number of benzene rings is 1. The van der Waals surface area contributed by atoms with Crippen molar-refractivity contribution in [3.63, 3.8) is 0 Å². The summed E-state index contributed by atoms with van der Waals surface area (Å²) in [6.45, 7) is 3.58. The number of carbonyl (C=O) groups is 1. The minimum Gasteiger partial charge on any atom is -0.383 e. The Morgan fingerprint density at radius 1 is 1.09 bits per heavy atom. The molecule has 0 fully saturated rings. The van der Waals surface area contributed by atoms with Crippen LogP contribution in [0.15, 0.2) is 61.2 Å². The standard InChI is InChI=1S/C24H21F3N6O/c1-14-9-17-10-16(3-6-20(17)32-22(14)28)23(34)33(15(2)21-12-29-7-8-30-21)13-19-5-4-18(11-31-19)24(25,26)27/h3-12,15H,13H2,1-2H3,(H2,28,32)/t15-/m1/s1. The second-order valence-electron chi connectivity index (χ2n) is 7.87. The number of halogens is 3. The molecule has 0 aliphatic heterocycles. The van der Waals surface area contributed by atoms with Gasteiger partial charge in [0.1, 0.15) is 5.82 Å². The number of pyridine rings is 2. The number of amides is 1. The molecule has 0 spiro atoms. The molecule has 0 saturated heterocycles. The van der Waals surface area contributed by atoms with E-state index in [0.29, 0.717) is 28.3 Å². The molecule has 174 valence electrons. The van der Waals surface area contributed by atoms with Crippen LogP contribution in [-0.4, -0.2) is 30.7 Å². The molecule has 2 N–H and O–H groups in total. The highest BCUT2D eigenvalue weighted by molar-refractivity contribution is 5.98. The number of hydrogen-bond acceptors (Lipinski definition) is 6. The van der Waals surface area contributed by atoms with Crippen LogP contribution in [0.3, 0.4) is 0 Å².